The summed E-state index contributed by atoms with van der Waals surface area (Å²) in [5.74, 6) is -0.677. The van der Waals surface area contributed by atoms with E-state index in [1.807, 2.05) is 0 Å². The second-order valence-corrected chi connectivity index (χ2v) is 10.4. The molecule has 1 aliphatic heterocycles. The third kappa shape index (κ3) is 5.64. The van der Waals surface area contributed by atoms with Gasteiger partial charge in [0, 0.05) is 22.8 Å². The van der Waals surface area contributed by atoms with Gasteiger partial charge < -0.3 is 16.4 Å². The highest BCUT2D eigenvalue weighted by Crippen LogP contribution is 2.40. The molecule has 36 heavy (non-hydrogen) atoms. The molecule has 1 unspecified atom stereocenters. The number of halogens is 4. The van der Waals surface area contributed by atoms with Gasteiger partial charge in [0.25, 0.3) is 5.69 Å². The fourth-order valence-corrected chi connectivity index (χ4v) is 5.22. The van der Waals surface area contributed by atoms with Crippen molar-refractivity contribution in [1.82, 2.24) is 10.3 Å². The number of thiazole rings is 1. The number of nitrogen functional groups attached to an aromatic ring is 1. The Labute approximate surface area is 215 Å². The van der Waals surface area contributed by atoms with Crippen LogP contribution >= 0.6 is 34.7 Å². The summed E-state index contributed by atoms with van der Waals surface area (Å²) in [7, 11) is 0. The van der Waals surface area contributed by atoms with Gasteiger partial charge in [0.1, 0.15) is 16.3 Å². The molecule has 0 amide bonds. The highest BCUT2D eigenvalue weighted by atomic mass is 35.5. The number of ketones is 1. The Bertz CT molecular complexity index is 1390. The number of anilines is 3. The quantitative estimate of drug-likeness (QED) is 0.104. The molecule has 1 aliphatic rings. The van der Waals surface area contributed by atoms with E-state index in [1.54, 1.807) is 24.3 Å². The van der Waals surface area contributed by atoms with Crippen molar-refractivity contribution in [2.45, 2.75) is 15.4 Å². The molecule has 0 saturated carbocycles. The Kier molecular flexibility index (Phi) is 6.98. The number of rotatable bonds is 7. The molecule has 0 spiro atoms. The van der Waals surface area contributed by atoms with Crippen molar-refractivity contribution in [1.29, 1.82) is 0 Å². The summed E-state index contributed by atoms with van der Waals surface area (Å²) in [6.45, 7) is 0. The van der Waals surface area contributed by atoms with Crippen LogP contribution in [0.2, 0.25) is 0 Å². The maximum Gasteiger partial charge on any atom is 0.417 e. The summed E-state index contributed by atoms with van der Waals surface area (Å²) in [6.07, 6.45) is -1.50. The van der Waals surface area contributed by atoms with Crippen LogP contribution < -0.4 is 16.4 Å². The molecule has 0 aliphatic carbocycles. The molecule has 0 fully saturated rings. The number of hydrogen-bond acceptors (Lipinski definition) is 9. The van der Waals surface area contributed by atoms with E-state index in [-0.39, 0.29) is 21.9 Å². The van der Waals surface area contributed by atoms with E-state index >= 15 is 0 Å². The number of nitrogens with zero attached hydrogens (tertiary/aromatic N) is 2. The van der Waals surface area contributed by atoms with Gasteiger partial charge in [-0.05, 0) is 42.5 Å². The number of hydrogen-bond donors (Lipinski definition) is 3. The minimum Gasteiger partial charge on any atom is -0.382 e. The molecule has 0 bridgehead atoms. The van der Waals surface area contributed by atoms with Gasteiger partial charge in [0.15, 0.2) is 9.46 Å². The lowest BCUT2D eigenvalue weighted by Crippen LogP contribution is -2.34. The number of nitro groups is 1. The van der Waals surface area contributed by atoms with Crippen LogP contribution in [0.25, 0.3) is 0 Å². The van der Waals surface area contributed by atoms with E-state index in [0.29, 0.717) is 15.7 Å². The number of thioether (sulfide) groups is 1. The number of dihydropyridines is 1. The van der Waals surface area contributed by atoms with Crippen LogP contribution in [0, 0.1) is 10.1 Å². The van der Waals surface area contributed by atoms with E-state index in [4.69, 9.17) is 17.3 Å². The first kappa shape index (κ1) is 25.5. The summed E-state index contributed by atoms with van der Waals surface area (Å²) in [4.78, 5) is 28.3. The molecule has 2 aromatic carbocycles. The maximum absolute atomic E-state index is 12.9. The number of nitrogens with one attached hydrogen (secondary N) is 2. The molecule has 8 nitrogen and oxygen atoms in total. The Hall–Kier alpha value is -3.55. The van der Waals surface area contributed by atoms with Gasteiger partial charge >= 0.3 is 6.18 Å². The fourth-order valence-electron chi connectivity index (χ4n) is 3.11. The third-order valence-electron chi connectivity index (χ3n) is 4.81. The molecule has 186 valence electrons. The first-order chi connectivity index (χ1) is 16.9. The Balaban J connectivity index is 1.44. The number of allylic oxidation sites excluding steroid dienone is 2. The van der Waals surface area contributed by atoms with Crippen molar-refractivity contribution in [2.75, 3.05) is 11.1 Å². The van der Waals surface area contributed by atoms with E-state index in [1.165, 1.54) is 30.3 Å². The Morgan fingerprint density at radius 3 is 2.53 bits per heavy atom. The van der Waals surface area contributed by atoms with Crippen molar-refractivity contribution < 1.29 is 22.9 Å². The van der Waals surface area contributed by atoms with Gasteiger partial charge in [0.05, 0.1) is 10.5 Å². The second kappa shape index (κ2) is 9.84. The molecule has 0 radical (unpaired) electrons. The molecule has 2 heterocycles. The fraction of sp³-hybridized carbons (Fsp3) is 0.0909. The Morgan fingerprint density at radius 2 is 1.92 bits per heavy atom. The monoisotopic (exact) mass is 553 g/mol. The van der Waals surface area contributed by atoms with Crippen LogP contribution in [0.15, 0.2) is 77.4 Å². The topological polar surface area (TPSA) is 123 Å². The summed E-state index contributed by atoms with van der Waals surface area (Å²) < 4.78 is 37.0. The number of para-hydroxylation sites is 1. The normalized spacial score (nSPS) is 17.3. The Morgan fingerprint density at radius 1 is 1.22 bits per heavy atom. The molecule has 1 atom stereocenters. The lowest BCUT2D eigenvalue weighted by molar-refractivity contribution is -0.385. The second-order valence-electron chi connectivity index (χ2n) is 7.31. The van der Waals surface area contributed by atoms with Gasteiger partial charge in [-0.25, -0.2) is 4.98 Å². The van der Waals surface area contributed by atoms with Crippen LogP contribution in [0.4, 0.5) is 35.5 Å². The van der Waals surface area contributed by atoms with Crippen LogP contribution in [0.5, 0.6) is 0 Å². The largest absolute Gasteiger partial charge is 0.417 e. The minimum atomic E-state index is -4.47. The smallest absolute Gasteiger partial charge is 0.382 e. The number of carbonyl (C=O) groups is 1. The molecule has 0 saturated heterocycles. The number of aromatic nitrogens is 1. The molecule has 4 N–H and O–H groups in total. The zero-order valence-corrected chi connectivity index (χ0v) is 20.3. The van der Waals surface area contributed by atoms with Gasteiger partial charge in [-0.15, -0.1) is 0 Å². The SMILES string of the molecule is Nc1nc(Nc2ccc(SC3(Cl)C=CC(C(F)(F)F)=CN3)cc2)sc1C(=O)c1ccccc1[N+](=O)[O-]. The number of alkyl halides is 4. The lowest BCUT2D eigenvalue weighted by atomic mass is 10.1. The first-order valence-electron chi connectivity index (χ1n) is 9.99. The van der Waals surface area contributed by atoms with E-state index in [0.717, 1.165) is 35.4 Å². The van der Waals surface area contributed by atoms with E-state index in [9.17, 15) is 28.1 Å². The average Bonchev–Trinajstić information content (AvgIpc) is 3.19. The summed E-state index contributed by atoms with van der Waals surface area (Å²) in [5, 5.41) is 17.1. The lowest BCUT2D eigenvalue weighted by Gasteiger charge is -2.27. The highest BCUT2D eigenvalue weighted by Gasteiger charge is 2.36. The molecular weight excluding hydrogens is 539 g/mol. The summed E-state index contributed by atoms with van der Waals surface area (Å²) in [5.41, 5.74) is 5.23. The molecular formula is C22H15ClF3N5O3S2. The standard InChI is InChI=1S/C22H15ClF3N5O3S2/c23-21(10-9-12(11-28-21)22(24,25)26)36-14-7-5-13(6-8-14)29-20-30-19(27)18(35-20)17(32)15-3-1-2-4-16(15)31(33)34/h1-11,28H,27H2,(H,29,30). The van der Waals surface area contributed by atoms with Crippen molar-refractivity contribution in [3.05, 3.63) is 93.0 Å². The molecule has 1 aromatic heterocycles. The van der Waals surface area contributed by atoms with Crippen molar-refractivity contribution in [2.24, 2.45) is 0 Å². The molecule has 4 rings (SSSR count). The maximum atomic E-state index is 12.9. The van der Waals surface area contributed by atoms with Crippen LogP contribution in [0.1, 0.15) is 15.2 Å². The zero-order chi connectivity index (χ0) is 26.1. The highest BCUT2D eigenvalue weighted by molar-refractivity contribution is 8.02. The van der Waals surface area contributed by atoms with Gasteiger partial charge in [0.2, 0.25) is 5.78 Å². The van der Waals surface area contributed by atoms with E-state index in [2.05, 4.69) is 15.6 Å². The average molecular weight is 554 g/mol. The molecule has 3 aromatic rings. The van der Waals surface area contributed by atoms with Crippen molar-refractivity contribution >= 4 is 62.8 Å². The van der Waals surface area contributed by atoms with Crippen LogP contribution in [0.3, 0.4) is 0 Å². The summed E-state index contributed by atoms with van der Waals surface area (Å²) >= 11 is 8.42. The molecule has 14 heteroatoms. The van der Waals surface area contributed by atoms with E-state index < -0.39 is 26.8 Å². The first-order valence-corrected chi connectivity index (χ1v) is 12.0. The zero-order valence-electron chi connectivity index (χ0n) is 17.9. The number of nitro benzene ring substituents is 1. The summed E-state index contributed by atoms with van der Waals surface area (Å²) in [6, 6.07) is 12.3. The predicted octanol–water partition coefficient (Wildman–Crippen LogP) is 6.20. The van der Waals surface area contributed by atoms with Crippen LogP contribution in [-0.2, 0) is 0 Å². The van der Waals surface area contributed by atoms with Gasteiger partial charge in [-0.2, -0.15) is 13.2 Å². The van der Waals surface area contributed by atoms with Gasteiger partial charge in [-0.1, -0.05) is 46.8 Å². The van der Waals surface area contributed by atoms with Crippen molar-refractivity contribution in [3.8, 4) is 0 Å². The number of benzene rings is 2. The predicted molar refractivity (Wildman–Crippen MR) is 134 cm³/mol. The minimum absolute atomic E-state index is 0.0597. The van der Waals surface area contributed by atoms with Gasteiger partial charge in [-0.3, -0.25) is 14.9 Å². The van der Waals surface area contributed by atoms with Crippen molar-refractivity contribution in [3.63, 3.8) is 0 Å². The number of nitrogens with two attached hydrogens (primary N) is 1. The van der Waals surface area contributed by atoms with Crippen LogP contribution in [-0.4, -0.2) is 26.2 Å². The number of carbonyl (C=O) groups excluding carboxylic acids is 1. The third-order valence-corrected chi connectivity index (χ3v) is 7.32.